The Morgan fingerprint density at radius 1 is 0.933 bits per heavy atom. The first-order valence-corrected chi connectivity index (χ1v) is 11.3. The van der Waals surface area contributed by atoms with Gasteiger partial charge in [0.2, 0.25) is 5.28 Å². The standard InChI is InChI=1S/C23H22ClN5S/c1-15-6-7-17(13-16(15)2)18-14-30-22-20(18)21(26-23(24)27-22)29-11-9-28(10-12-29)19-5-3-4-8-25-19/h3-8,13-14H,9-12H2,1-2H3. The highest BCUT2D eigenvalue weighted by Crippen LogP contribution is 2.39. The van der Waals surface area contributed by atoms with Crippen LogP contribution in [0.15, 0.2) is 48.0 Å². The van der Waals surface area contributed by atoms with Crippen LogP contribution in [0.25, 0.3) is 21.3 Å². The SMILES string of the molecule is Cc1ccc(-c2csc3nc(Cl)nc(N4CCN(c5ccccn5)CC4)c23)cc1C. The molecule has 152 valence electrons. The Morgan fingerprint density at radius 3 is 2.47 bits per heavy atom. The lowest BCUT2D eigenvalue weighted by Gasteiger charge is -2.36. The van der Waals surface area contributed by atoms with Gasteiger partial charge in [0, 0.05) is 43.3 Å². The first-order valence-electron chi connectivity index (χ1n) is 10.0. The van der Waals surface area contributed by atoms with E-state index in [0.29, 0.717) is 5.28 Å². The normalized spacial score (nSPS) is 14.5. The lowest BCUT2D eigenvalue weighted by Crippen LogP contribution is -2.47. The van der Waals surface area contributed by atoms with Gasteiger partial charge in [0.1, 0.15) is 16.5 Å². The van der Waals surface area contributed by atoms with Crippen molar-refractivity contribution in [3.8, 4) is 11.1 Å². The van der Waals surface area contributed by atoms with Gasteiger partial charge < -0.3 is 9.80 Å². The summed E-state index contributed by atoms with van der Waals surface area (Å²) in [6.45, 7) is 7.80. The van der Waals surface area contributed by atoms with Crippen molar-refractivity contribution in [2.75, 3.05) is 36.0 Å². The lowest BCUT2D eigenvalue weighted by atomic mass is 10.0. The Kier molecular flexibility index (Phi) is 5.05. The molecule has 0 aliphatic carbocycles. The second kappa shape index (κ2) is 7.85. The summed E-state index contributed by atoms with van der Waals surface area (Å²) in [7, 11) is 0. The zero-order valence-electron chi connectivity index (χ0n) is 17.0. The number of aromatic nitrogens is 3. The molecule has 30 heavy (non-hydrogen) atoms. The summed E-state index contributed by atoms with van der Waals surface area (Å²) >= 11 is 7.93. The van der Waals surface area contributed by atoms with E-state index >= 15 is 0 Å². The fraction of sp³-hybridized carbons (Fsp3) is 0.261. The van der Waals surface area contributed by atoms with E-state index < -0.39 is 0 Å². The predicted octanol–water partition coefficient (Wildman–Crippen LogP) is 5.35. The Hall–Kier alpha value is -2.70. The molecule has 5 rings (SSSR count). The predicted molar refractivity (Wildman–Crippen MR) is 126 cm³/mol. The molecule has 4 aromatic rings. The highest BCUT2D eigenvalue weighted by Gasteiger charge is 2.24. The quantitative estimate of drug-likeness (QED) is 0.406. The second-order valence-electron chi connectivity index (χ2n) is 7.61. The Morgan fingerprint density at radius 2 is 1.73 bits per heavy atom. The van der Waals surface area contributed by atoms with E-state index in [2.05, 4.69) is 68.2 Å². The molecular weight excluding hydrogens is 414 g/mol. The van der Waals surface area contributed by atoms with Crippen molar-refractivity contribution in [3.05, 3.63) is 64.4 Å². The van der Waals surface area contributed by atoms with Crippen LogP contribution in [0.1, 0.15) is 11.1 Å². The molecule has 1 aliphatic rings. The Bertz CT molecular complexity index is 1200. The van der Waals surface area contributed by atoms with Gasteiger partial charge in [-0.1, -0.05) is 24.3 Å². The molecule has 1 aromatic carbocycles. The van der Waals surface area contributed by atoms with Gasteiger partial charge in [-0.05, 0) is 54.3 Å². The Labute approximate surface area is 185 Å². The van der Waals surface area contributed by atoms with Crippen LogP contribution < -0.4 is 9.80 Å². The number of halogens is 1. The van der Waals surface area contributed by atoms with Crippen molar-refractivity contribution in [1.82, 2.24) is 15.0 Å². The van der Waals surface area contributed by atoms with Gasteiger partial charge in [-0.2, -0.15) is 4.98 Å². The number of pyridine rings is 1. The molecule has 0 saturated carbocycles. The fourth-order valence-electron chi connectivity index (χ4n) is 3.94. The van der Waals surface area contributed by atoms with Crippen LogP contribution >= 0.6 is 22.9 Å². The van der Waals surface area contributed by atoms with Gasteiger partial charge in [-0.3, -0.25) is 0 Å². The van der Waals surface area contributed by atoms with Crippen LogP contribution in [0.4, 0.5) is 11.6 Å². The van der Waals surface area contributed by atoms with Crippen molar-refractivity contribution in [1.29, 1.82) is 0 Å². The zero-order valence-corrected chi connectivity index (χ0v) is 18.5. The third kappa shape index (κ3) is 3.50. The summed E-state index contributed by atoms with van der Waals surface area (Å²) < 4.78 is 0. The topological polar surface area (TPSA) is 45.2 Å². The average Bonchev–Trinajstić information content (AvgIpc) is 3.19. The number of piperazine rings is 1. The Balaban J connectivity index is 1.51. The highest BCUT2D eigenvalue weighted by atomic mass is 35.5. The van der Waals surface area contributed by atoms with Crippen molar-refractivity contribution in [3.63, 3.8) is 0 Å². The van der Waals surface area contributed by atoms with Crippen LogP contribution in [0.5, 0.6) is 0 Å². The molecule has 3 aromatic heterocycles. The third-order valence-electron chi connectivity index (χ3n) is 5.76. The molecule has 0 bridgehead atoms. The molecule has 0 spiro atoms. The number of hydrogen-bond donors (Lipinski definition) is 0. The maximum absolute atomic E-state index is 6.31. The summed E-state index contributed by atoms with van der Waals surface area (Å²) in [5.74, 6) is 1.95. The van der Waals surface area contributed by atoms with E-state index in [4.69, 9.17) is 11.6 Å². The van der Waals surface area contributed by atoms with Crippen molar-refractivity contribution >= 4 is 44.8 Å². The molecule has 0 N–H and O–H groups in total. The minimum atomic E-state index is 0.304. The minimum Gasteiger partial charge on any atom is -0.353 e. The summed E-state index contributed by atoms with van der Waals surface area (Å²) in [4.78, 5) is 19.2. The zero-order chi connectivity index (χ0) is 20.7. The van der Waals surface area contributed by atoms with E-state index in [0.717, 1.165) is 48.0 Å². The van der Waals surface area contributed by atoms with Gasteiger partial charge in [0.15, 0.2) is 0 Å². The molecular formula is C23H22ClN5S. The van der Waals surface area contributed by atoms with Crippen LogP contribution in [0, 0.1) is 13.8 Å². The summed E-state index contributed by atoms with van der Waals surface area (Å²) in [5, 5.41) is 3.57. The smallest absolute Gasteiger partial charge is 0.225 e. The number of anilines is 2. The van der Waals surface area contributed by atoms with Crippen LogP contribution in [0.2, 0.25) is 5.28 Å². The van der Waals surface area contributed by atoms with E-state index in [1.165, 1.54) is 22.3 Å². The van der Waals surface area contributed by atoms with E-state index in [-0.39, 0.29) is 0 Å². The minimum absolute atomic E-state index is 0.304. The molecule has 0 atom stereocenters. The van der Waals surface area contributed by atoms with Gasteiger partial charge >= 0.3 is 0 Å². The van der Waals surface area contributed by atoms with Gasteiger partial charge in [0.25, 0.3) is 0 Å². The summed E-state index contributed by atoms with van der Waals surface area (Å²) in [5.41, 5.74) is 4.95. The molecule has 1 aliphatic heterocycles. The monoisotopic (exact) mass is 435 g/mol. The molecule has 5 nitrogen and oxygen atoms in total. The summed E-state index contributed by atoms with van der Waals surface area (Å²) in [6.07, 6.45) is 1.84. The molecule has 0 radical (unpaired) electrons. The second-order valence-corrected chi connectivity index (χ2v) is 8.80. The molecule has 7 heteroatoms. The number of aryl methyl sites for hydroxylation is 2. The van der Waals surface area contributed by atoms with Gasteiger partial charge in [0.05, 0.1) is 5.39 Å². The maximum atomic E-state index is 6.31. The summed E-state index contributed by atoms with van der Waals surface area (Å²) in [6, 6.07) is 12.6. The van der Waals surface area contributed by atoms with Crippen LogP contribution in [0.3, 0.4) is 0 Å². The van der Waals surface area contributed by atoms with E-state index in [1.54, 1.807) is 11.3 Å². The number of nitrogens with zero attached hydrogens (tertiary/aromatic N) is 5. The molecule has 1 fully saturated rings. The number of rotatable bonds is 3. The number of fused-ring (bicyclic) bond motifs is 1. The van der Waals surface area contributed by atoms with Crippen LogP contribution in [-0.4, -0.2) is 41.1 Å². The molecule has 0 amide bonds. The largest absolute Gasteiger partial charge is 0.353 e. The van der Waals surface area contributed by atoms with E-state index in [1.807, 2.05) is 18.3 Å². The maximum Gasteiger partial charge on any atom is 0.225 e. The average molecular weight is 436 g/mol. The fourth-order valence-corrected chi connectivity index (χ4v) is 5.09. The van der Waals surface area contributed by atoms with Crippen molar-refractivity contribution < 1.29 is 0 Å². The third-order valence-corrected chi connectivity index (χ3v) is 6.80. The first-order chi connectivity index (χ1) is 14.6. The van der Waals surface area contributed by atoms with Crippen molar-refractivity contribution in [2.24, 2.45) is 0 Å². The lowest BCUT2D eigenvalue weighted by molar-refractivity contribution is 0.643. The molecule has 4 heterocycles. The number of thiophene rings is 1. The molecule has 1 saturated heterocycles. The van der Waals surface area contributed by atoms with Crippen LogP contribution in [-0.2, 0) is 0 Å². The van der Waals surface area contributed by atoms with Gasteiger partial charge in [-0.25, -0.2) is 9.97 Å². The highest BCUT2D eigenvalue weighted by molar-refractivity contribution is 7.17. The number of hydrogen-bond acceptors (Lipinski definition) is 6. The van der Waals surface area contributed by atoms with E-state index in [9.17, 15) is 0 Å². The first kappa shape index (κ1) is 19.3. The molecule has 0 unspecified atom stereocenters. The van der Waals surface area contributed by atoms with Gasteiger partial charge in [-0.15, -0.1) is 11.3 Å². The number of benzene rings is 1. The van der Waals surface area contributed by atoms with Crippen molar-refractivity contribution in [2.45, 2.75) is 13.8 Å².